The van der Waals surface area contributed by atoms with E-state index in [2.05, 4.69) is 52.5 Å². The van der Waals surface area contributed by atoms with Crippen LogP contribution in [0, 0.1) is 6.92 Å². The number of rotatable bonds is 6. The molecule has 23 heavy (non-hydrogen) atoms. The van der Waals surface area contributed by atoms with E-state index in [0.717, 1.165) is 42.8 Å². The summed E-state index contributed by atoms with van der Waals surface area (Å²) in [5.74, 6) is 1.08. The van der Waals surface area contributed by atoms with Crippen LogP contribution >= 0.6 is 24.8 Å². The Labute approximate surface area is 149 Å². The van der Waals surface area contributed by atoms with E-state index in [1.807, 2.05) is 18.2 Å². The van der Waals surface area contributed by atoms with Gasteiger partial charge in [0, 0.05) is 13.0 Å². The smallest absolute Gasteiger partial charge is 0.107 e. The molecule has 0 saturated carbocycles. The van der Waals surface area contributed by atoms with Crippen LogP contribution in [0.2, 0.25) is 0 Å². The van der Waals surface area contributed by atoms with E-state index in [1.54, 1.807) is 0 Å². The molecule has 3 rings (SSSR count). The van der Waals surface area contributed by atoms with Gasteiger partial charge in [0.2, 0.25) is 0 Å². The molecule has 0 fully saturated rings. The van der Waals surface area contributed by atoms with Gasteiger partial charge in [-0.25, -0.2) is 4.98 Å². The van der Waals surface area contributed by atoms with E-state index < -0.39 is 0 Å². The lowest BCUT2D eigenvalue weighted by Crippen LogP contribution is -2.15. The molecule has 0 bridgehead atoms. The van der Waals surface area contributed by atoms with Crippen LogP contribution < -0.4 is 5.32 Å². The lowest BCUT2D eigenvalue weighted by atomic mass is 10.1. The van der Waals surface area contributed by atoms with Crippen molar-refractivity contribution in [3.63, 3.8) is 0 Å². The molecule has 0 saturated heterocycles. The number of aromatic amines is 1. The van der Waals surface area contributed by atoms with E-state index in [4.69, 9.17) is 0 Å². The quantitative estimate of drug-likeness (QED) is 0.644. The first-order valence-corrected chi connectivity index (χ1v) is 7.51. The maximum Gasteiger partial charge on any atom is 0.107 e. The molecule has 0 radical (unpaired) electrons. The number of fused-ring (bicyclic) bond motifs is 1. The van der Waals surface area contributed by atoms with Gasteiger partial charge in [0.05, 0.1) is 11.0 Å². The monoisotopic (exact) mass is 351 g/mol. The number of halogens is 2. The first kappa shape index (κ1) is 19.5. The minimum Gasteiger partial charge on any atom is -0.342 e. The van der Waals surface area contributed by atoms with Gasteiger partial charge in [0.1, 0.15) is 5.82 Å². The Kier molecular flexibility index (Phi) is 8.10. The van der Waals surface area contributed by atoms with Crippen LogP contribution in [-0.2, 0) is 13.0 Å². The van der Waals surface area contributed by atoms with Crippen LogP contribution in [0.1, 0.15) is 23.4 Å². The second-order valence-electron chi connectivity index (χ2n) is 5.47. The van der Waals surface area contributed by atoms with Gasteiger partial charge in [-0.05, 0) is 37.6 Å². The fourth-order valence-electron chi connectivity index (χ4n) is 2.56. The van der Waals surface area contributed by atoms with Crippen molar-refractivity contribution in [3.05, 3.63) is 65.5 Å². The molecule has 3 nitrogen and oxygen atoms in total. The van der Waals surface area contributed by atoms with Crippen molar-refractivity contribution in [2.24, 2.45) is 0 Å². The molecule has 124 valence electrons. The summed E-state index contributed by atoms with van der Waals surface area (Å²) < 4.78 is 0. The molecule has 2 N–H and O–H groups in total. The highest BCUT2D eigenvalue weighted by atomic mass is 35.5. The van der Waals surface area contributed by atoms with E-state index in [-0.39, 0.29) is 24.8 Å². The van der Waals surface area contributed by atoms with Crippen molar-refractivity contribution in [1.82, 2.24) is 15.3 Å². The van der Waals surface area contributed by atoms with Crippen molar-refractivity contribution in [2.45, 2.75) is 26.3 Å². The van der Waals surface area contributed by atoms with Gasteiger partial charge >= 0.3 is 0 Å². The van der Waals surface area contributed by atoms with E-state index in [0.29, 0.717) is 0 Å². The fraction of sp³-hybridized carbons (Fsp3) is 0.278. The molecule has 0 aliphatic rings. The summed E-state index contributed by atoms with van der Waals surface area (Å²) in [7, 11) is 0. The summed E-state index contributed by atoms with van der Waals surface area (Å²) in [4.78, 5) is 7.97. The number of nitrogens with one attached hydrogen (secondary N) is 2. The van der Waals surface area contributed by atoms with Gasteiger partial charge in [-0.15, -0.1) is 24.8 Å². The lowest BCUT2D eigenvalue weighted by molar-refractivity contribution is 0.641. The topological polar surface area (TPSA) is 40.7 Å². The largest absolute Gasteiger partial charge is 0.342 e. The average molecular weight is 352 g/mol. The van der Waals surface area contributed by atoms with Crippen molar-refractivity contribution >= 4 is 35.8 Å². The van der Waals surface area contributed by atoms with Crippen LogP contribution in [0.4, 0.5) is 0 Å². The fourth-order valence-corrected chi connectivity index (χ4v) is 2.56. The Morgan fingerprint density at radius 2 is 1.87 bits per heavy atom. The van der Waals surface area contributed by atoms with Gasteiger partial charge in [0.15, 0.2) is 0 Å². The maximum absolute atomic E-state index is 4.60. The zero-order valence-corrected chi connectivity index (χ0v) is 14.8. The summed E-state index contributed by atoms with van der Waals surface area (Å²) in [6, 6.07) is 16.8. The Hall–Kier alpha value is -1.55. The molecular weight excluding hydrogens is 329 g/mol. The minimum absolute atomic E-state index is 0. The van der Waals surface area contributed by atoms with E-state index in [9.17, 15) is 0 Å². The van der Waals surface area contributed by atoms with Gasteiger partial charge in [0.25, 0.3) is 0 Å². The maximum atomic E-state index is 4.60. The predicted molar refractivity (Wildman–Crippen MR) is 102 cm³/mol. The number of aromatic nitrogens is 2. The van der Waals surface area contributed by atoms with Gasteiger partial charge in [-0.3, -0.25) is 0 Å². The molecule has 5 heteroatoms. The number of imidazole rings is 1. The molecular formula is C18H23Cl2N3. The summed E-state index contributed by atoms with van der Waals surface area (Å²) in [6.45, 7) is 4.07. The number of H-pyrrole nitrogens is 1. The van der Waals surface area contributed by atoms with Crippen LogP contribution in [-0.4, -0.2) is 16.5 Å². The SMILES string of the molecule is Cc1cccc(CNCCCc2nc3ccccc3[nH]2)c1.Cl.Cl. The summed E-state index contributed by atoms with van der Waals surface area (Å²) in [6.07, 6.45) is 2.07. The normalized spacial score (nSPS) is 10.1. The molecule has 0 unspecified atom stereocenters. The summed E-state index contributed by atoms with van der Waals surface area (Å²) in [5, 5.41) is 3.49. The number of aryl methyl sites for hydroxylation is 2. The molecule has 0 atom stereocenters. The molecule has 0 spiro atoms. The van der Waals surface area contributed by atoms with E-state index in [1.165, 1.54) is 11.1 Å². The number of hydrogen-bond acceptors (Lipinski definition) is 2. The molecule has 1 heterocycles. The zero-order valence-electron chi connectivity index (χ0n) is 13.2. The van der Waals surface area contributed by atoms with Crippen molar-refractivity contribution < 1.29 is 0 Å². The minimum atomic E-state index is 0. The van der Waals surface area contributed by atoms with Crippen molar-refractivity contribution in [1.29, 1.82) is 0 Å². The second kappa shape index (κ2) is 9.56. The zero-order chi connectivity index (χ0) is 14.5. The van der Waals surface area contributed by atoms with Crippen molar-refractivity contribution in [3.8, 4) is 0 Å². The van der Waals surface area contributed by atoms with Crippen molar-refractivity contribution in [2.75, 3.05) is 6.54 Å². The molecule has 2 aromatic carbocycles. The van der Waals surface area contributed by atoms with Gasteiger partial charge in [-0.2, -0.15) is 0 Å². The first-order valence-electron chi connectivity index (χ1n) is 7.51. The Morgan fingerprint density at radius 3 is 2.65 bits per heavy atom. The number of para-hydroxylation sites is 2. The van der Waals surface area contributed by atoms with Gasteiger partial charge < -0.3 is 10.3 Å². The third-order valence-electron chi connectivity index (χ3n) is 3.62. The summed E-state index contributed by atoms with van der Waals surface area (Å²) in [5.41, 5.74) is 4.84. The molecule has 0 aliphatic carbocycles. The number of hydrogen-bond donors (Lipinski definition) is 2. The molecule has 1 aromatic heterocycles. The van der Waals surface area contributed by atoms with Crippen LogP contribution in [0.25, 0.3) is 11.0 Å². The highest BCUT2D eigenvalue weighted by Crippen LogP contribution is 2.11. The molecule has 3 aromatic rings. The van der Waals surface area contributed by atoms with Crippen LogP contribution in [0.15, 0.2) is 48.5 Å². The standard InChI is InChI=1S/C18H21N3.2ClH/c1-14-6-4-7-15(12-14)13-19-11-5-10-18-20-16-8-2-3-9-17(16)21-18;;/h2-4,6-9,12,19H,5,10-11,13H2,1H3,(H,20,21);2*1H. The van der Waals surface area contributed by atoms with E-state index >= 15 is 0 Å². The molecule has 0 aliphatic heterocycles. The third kappa shape index (κ3) is 5.54. The van der Waals surface area contributed by atoms with Gasteiger partial charge in [-0.1, -0.05) is 42.0 Å². The average Bonchev–Trinajstić information content (AvgIpc) is 2.89. The molecule has 0 amide bonds. The lowest BCUT2D eigenvalue weighted by Gasteiger charge is -2.05. The third-order valence-corrected chi connectivity index (χ3v) is 3.62. The van der Waals surface area contributed by atoms with Crippen LogP contribution in [0.5, 0.6) is 0 Å². The highest BCUT2D eigenvalue weighted by molar-refractivity contribution is 5.85. The highest BCUT2D eigenvalue weighted by Gasteiger charge is 2.01. The predicted octanol–water partition coefficient (Wildman–Crippen LogP) is 4.44. The number of nitrogens with zero attached hydrogens (tertiary/aromatic N) is 1. The second-order valence-corrected chi connectivity index (χ2v) is 5.47. The van der Waals surface area contributed by atoms with Crippen LogP contribution in [0.3, 0.4) is 0 Å². The Bertz CT molecular complexity index is 692. The summed E-state index contributed by atoms with van der Waals surface area (Å²) >= 11 is 0. The number of benzene rings is 2. The Balaban J connectivity index is 0.00000132. The first-order chi connectivity index (χ1) is 10.3. The Morgan fingerprint density at radius 1 is 1.04 bits per heavy atom.